The second kappa shape index (κ2) is 7.11. The third kappa shape index (κ3) is 3.30. The SMILES string of the molecule is CCCc1ccc(Nc2cc(C)nc3ccc4cn[nH]c4c23)cc1.Cl. The summed E-state index contributed by atoms with van der Waals surface area (Å²) in [5.41, 5.74) is 6.48. The van der Waals surface area contributed by atoms with Crippen LogP contribution in [-0.4, -0.2) is 15.2 Å². The highest BCUT2D eigenvalue weighted by Crippen LogP contribution is 2.31. The summed E-state index contributed by atoms with van der Waals surface area (Å²) in [6.07, 6.45) is 4.13. The molecule has 2 heterocycles. The summed E-state index contributed by atoms with van der Waals surface area (Å²) in [7, 11) is 0. The Morgan fingerprint density at radius 2 is 1.88 bits per heavy atom. The zero-order valence-corrected chi connectivity index (χ0v) is 15.2. The lowest BCUT2D eigenvalue weighted by atomic mass is 10.1. The second-order valence-electron chi connectivity index (χ2n) is 6.18. The summed E-state index contributed by atoms with van der Waals surface area (Å²) in [4.78, 5) is 4.66. The number of nitrogens with zero attached hydrogens (tertiary/aromatic N) is 2. The number of fused-ring (bicyclic) bond motifs is 3. The minimum atomic E-state index is 0. The van der Waals surface area contributed by atoms with Gasteiger partial charge in [0.15, 0.2) is 0 Å². The van der Waals surface area contributed by atoms with Crippen molar-refractivity contribution in [3.05, 3.63) is 59.9 Å². The van der Waals surface area contributed by atoms with Crippen molar-refractivity contribution in [2.75, 3.05) is 5.32 Å². The van der Waals surface area contributed by atoms with Crippen LogP contribution in [0, 0.1) is 6.92 Å². The van der Waals surface area contributed by atoms with Gasteiger partial charge in [0.25, 0.3) is 0 Å². The molecule has 4 aromatic rings. The lowest BCUT2D eigenvalue weighted by Crippen LogP contribution is -1.96. The largest absolute Gasteiger partial charge is 0.355 e. The van der Waals surface area contributed by atoms with E-state index in [-0.39, 0.29) is 12.4 Å². The van der Waals surface area contributed by atoms with E-state index >= 15 is 0 Å². The Balaban J connectivity index is 0.00000182. The second-order valence-corrected chi connectivity index (χ2v) is 6.18. The van der Waals surface area contributed by atoms with Crippen molar-refractivity contribution in [2.45, 2.75) is 26.7 Å². The number of nitrogens with one attached hydrogen (secondary N) is 2. The highest BCUT2D eigenvalue weighted by molar-refractivity contribution is 6.10. The van der Waals surface area contributed by atoms with Crippen molar-refractivity contribution in [3.63, 3.8) is 0 Å². The van der Waals surface area contributed by atoms with E-state index in [1.807, 2.05) is 13.1 Å². The van der Waals surface area contributed by atoms with Crippen molar-refractivity contribution in [1.29, 1.82) is 0 Å². The van der Waals surface area contributed by atoms with Gasteiger partial charge >= 0.3 is 0 Å². The molecule has 0 bridgehead atoms. The number of H-pyrrole nitrogens is 1. The number of hydrogen-bond donors (Lipinski definition) is 2. The average molecular weight is 353 g/mol. The van der Waals surface area contributed by atoms with Crippen molar-refractivity contribution in [1.82, 2.24) is 15.2 Å². The number of halogens is 1. The molecule has 0 radical (unpaired) electrons. The Kier molecular flexibility index (Phi) is 4.91. The van der Waals surface area contributed by atoms with Crippen LogP contribution >= 0.6 is 12.4 Å². The van der Waals surface area contributed by atoms with Crippen molar-refractivity contribution >= 4 is 45.6 Å². The summed E-state index contributed by atoms with van der Waals surface area (Å²) in [6.45, 7) is 4.22. The highest BCUT2D eigenvalue weighted by Gasteiger charge is 2.10. The van der Waals surface area contributed by atoms with Gasteiger partial charge in [-0.3, -0.25) is 10.1 Å². The first kappa shape index (κ1) is 17.2. The fourth-order valence-electron chi connectivity index (χ4n) is 3.17. The number of rotatable bonds is 4. The fourth-order valence-corrected chi connectivity index (χ4v) is 3.17. The molecule has 2 aromatic heterocycles. The minimum absolute atomic E-state index is 0. The molecule has 2 N–H and O–H groups in total. The van der Waals surface area contributed by atoms with Crippen LogP contribution in [0.2, 0.25) is 0 Å². The van der Waals surface area contributed by atoms with E-state index < -0.39 is 0 Å². The fraction of sp³-hybridized carbons (Fsp3) is 0.200. The average Bonchev–Trinajstić information content (AvgIpc) is 3.05. The predicted molar refractivity (Wildman–Crippen MR) is 107 cm³/mol. The van der Waals surface area contributed by atoms with Gasteiger partial charge in [0.2, 0.25) is 0 Å². The van der Waals surface area contributed by atoms with Crippen LogP contribution < -0.4 is 5.32 Å². The molecule has 0 fully saturated rings. The lowest BCUT2D eigenvalue weighted by molar-refractivity contribution is 0.922. The van der Waals surface area contributed by atoms with E-state index in [4.69, 9.17) is 0 Å². The van der Waals surface area contributed by atoms with Crippen LogP contribution in [0.4, 0.5) is 11.4 Å². The molecule has 0 unspecified atom stereocenters. The predicted octanol–water partition coefficient (Wildman–Crippen LogP) is 5.54. The standard InChI is InChI=1S/C20H20N4.ClH/c1-3-4-14-5-8-16(9-6-14)23-18-11-13(2)22-17-10-7-15-12-21-24-20(15)19(17)18;/h5-12H,3-4H2,1-2H3,(H,21,24)(H,22,23);1H. The number of benzene rings is 2. The maximum Gasteiger partial charge on any atom is 0.0765 e. The maximum atomic E-state index is 4.66. The zero-order chi connectivity index (χ0) is 16.5. The van der Waals surface area contributed by atoms with Gasteiger partial charge in [0, 0.05) is 22.2 Å². The Morgan fingerprint density at radius 1 is 1.08 bits per heavy atom. The van der Waals surface area contributed by atoms with Crippen molar-refractivity contribution in [2.24, 2.45) is 0 Å². The van der Waals surface area contributed by atoms with E-state index in [1.165, 1.54) is 12.0 Å². The highest BCUT2D eigenvalue weighted by atomic mass is 35.5. The van der Waals surface area contributed by atoms with E-state index in [0.29, 0.717) is 0 Å². The van der Waals surface area contributed by atoms with Crippen LogP contribution in [0.15, 0.2) is 48.7 Å². The summed E-state index contributed by atoms with van der Waals surface area (Å²) in [6, 6.07) is 14.8. The molecule has 0 aliphatic carbocycles. The Labute approximate surface area is 153 Å². The summed E-state index contributed by atoms with van der Waals surface area (Å²) < 4.78 is 0. The van der Waals surface area contributed by atoms with Gasteiger partial charge in [-0.1, -0.05) is 25.5 Å². The molecule has 25 heavy (non-hydrogen) atoms. The summed E-state index contributed by atoms with van der Waals surface area (Å²) >= 11 is 0. The molecule has 5 heteroatoms. The molecule has 0 amide bonds. The van der Waals surface area contributed by atoms with E-state index in [2.05, 4.69) is 69.9 Å². The molecule has 2 aromatic carbocycles. The van der Waals surface area contributed by atoms with Crippen molar-refractivity contribution < 1.29 is 0 Å². The monoisotopic (exact) mass is 352 g/mol. The Bertz CT molecular complexity index is 1010. The van der Waals surface area contributed by atoms with Crippen LogP contribution in [0.3, 0.4) is 0 Å². The Hall–Kier alpha value is -2.59. The number of hydrogen-bond acceptors (Lipinski definition) is 3. The first-order chi connectivity index (χ1) is 11.7. The molecule has 0 aliphatic rings. The maximum absolute atomic E-state index is 4.66. The normalized spacial score (nSPS) is 10.8. The van der Waals surface area contributed by atoms with Gasteiger partial charge in [-0.25, -0.2) is 0 Å². The van der Waals surface area contributed by atoms with E-state index in [1.54, 1.807) is 0 Å². The first-order valence-electron chi connectivity index (χ1n) is 8.34. The van der Waals surface area contributed by atoms with Crippen LogP contribution in [0.25, 0.3) is 21.8 Å². The third-order valence-electron chi connectivity index (χ3n) is 4.29. The number of aryl methyl sites for hydroxylation is 2. The molecule has 0 saturated heterocycles. The molecular formula is C20H21ClN4. The molecule has 128 valence electrons. The minimum Gasteiger partial charge on any atom is -0.355 e. The van der Waals surface area contributed by atoms with Crippen LogP contribution in [0.1, 0.15) is 24.6 Å². The molecule has 4 rings (SSSR count). The van der Waals surface area contributed by atoms with E-state index in [0.717, 1.165) is 45.3 Å². The number of aromatic amines is 1. The van der Waals surface area contributed by atoms with Gasteiger partial charge in [0.1, 0.15) is 0 Å². The summed E-state index contributed by atoms with van der Waals surface area (Å²) in [5.74, 6) is 0. The third-order valence-corrected chi connectivity index (χ3v) is 4.29. The van der Waals surface area contributed by atoms with Gasteiger partial charge in [-0.2, -0.15) is 5.10 Å². The van der Waals surface area contributed by atoms with Gasteiger partial charge in [0.05, 0.1) is 22.9 Å². The van der Waals surface area contributed by atoms with Crippen LogP contribution in [0.5, 0.6) is 0 Å². The first-order valence-corrected chi connectivity index (χ1v) is 8.34. The lowest BCUT2D eigenvalue weighted by Gasteiger charge is -2.12. The van der Waals surface area contributed by atoms with Gasteiger partial charge in [-0.05, 0) is 49.2 Å². The van der Waals surface area contributed by atoms with Crippen molar-refractivity contribution in [3.8, 4) is 0 Å². The quantitative estimate of drug-likeness (QED) is 0.507. The molecule has 0 saturated carbocycles. The van der Waals surface area contributed by atoms with Gasteiger partial charge in [-0.15, -0.1) is 12.4 Å². The molecule has 0 aliphatic heterocycles. The smallest absolute Gasteiger partial charge is 0.0765 e. The van der Waals surface area contributed by atoms with E-state index in [9.17, 15) is 0 Å². The Morgan fingerprint density at radius 3 is 2.64 bits per heavy atom. The number of anilines is 2. The number of pyridine rings is 1. The van der Waals surface area contributed by atoms with Crippen LogP contribution in [-0.2, 0) is 6.42 Å². The molecule has 4 nitrogen and oxygen atoms in total. The molecule has 0 atom stereocenters. The zero-order valence-electron chi connectivity index (χ0n) is 14.3. The molecule has 0 spiro atoms. The molecular weight excluding hydrogens is 332 g/mol. The number of aromatic nitrogens is 3. The van der Waals surface area contributed by atoms with Gasteiger partial charge < -0.3 is 5.32 Å². The summed E-state index contributed by atoms with van der Waals surface area (Å²) in [5, 5.41) is 13.0. The topological polar surface area (TPSA) is 53.6 Å².